The van der Waals surface area contributed by atoms with Crippen LogP contribution in [0.3, 0.4) is 0 Å². The number of ether oxygens (including phenoxy) is 12. The first-order valence-corrected chi connectivity index (χ1v) is 26.1. The topological polar surface area (TPSA) is 259 Å². The molecule has 420 valence electrons. The predicted octanol–water partition coefficient (Wildman–Crippen LogP) is 6.14. The Morgan fingerprint density at radius 1 is 0.507 bits per heavy atom. The summed E-state index contributed by atoms with van der Waals surface area (Å²) in [7, 11) is 0. The van der Waals surface area contributed by atoms with Crippen molar-refractivity contribution in [3.05, 3.63) is 0 Å². The highest BCUT2D eigenvalue weighted by molar-refractivity contribution is 5.76. The number of esters is 7. The van der Waals surface area contributed by atoms with Crippen molar-refractivity contribution in [1.29, 1.82) is 0 Å². The van der Waals surface area contributed by atoms with Gasteiger partial charge in [-0.3, -0.25) is 38.4 Å². The Bertz CT molecular complexity index is 1720. The molecule has 2 fully saturated rings. The molecule has 12 atom stereocenters. The summed E-state index contributed by atoms with van der Waals surface area (Å²) in [6.07, 6.45) is -5.06. The van der Waals surface area contributed by atoms with Crippen molar-refractivity contribution in [2.24, 2.45) is 17.8 Å². The van der Waals surface area contributed by atoms with Crippen LogP contribution < -0.4 is 5.32 Å². The number of unbranched alkanes of at least 4 members (excludes halogenated alkanes) is 7. The Kier molecular flexibility index (Phi) is 30.3. The van der Waals surface area contributed by atoms with Crippen molar-refractivity contribution in [2.45, 2.75) is 241 Å². The fraction of sp³-hybridized carbons (Fsp3) is 0.846. The van der Waals surface area contributed by atoms with Crippen molar-refractivity contribution in [1.82, 2.24) is 5.32 Å². The van der Waals surface area contributed by atoms with Crippen molar-refractivity contribution < 1.29 is 95.2 Å². The van der Waals surface area contributed by atoms with Gasteiger partial charge in [-0.2, -0.15) is 0 Å². The van der Waals surface area contributed by atoms with Gasteiger partial charge < -0.3 is 62.2 Å². The van der Waals surface area contributed by atoms with E-state index in [1.54, 1.807) is 0 Å². The lowest BCUT2D eigenvalue weighted by Gasteiger charge is -2.48. The van der Waals surface area contributed by atoms with E-state index in [0.717, 1.165) is 113 Å². The molecule has 1 amide bonds. The first kappa shape index (κ1) is 64.7. The summed E-state index contributed by atoms with van der Waals surface area (Å²) >= 11 is 0. The van der Waals surface area contributed by atoms with Crippen molar-refractivity contribution in [3.63, 3.8) is 0 Å². The van der Waals surface area contributed by atoms with Crippen LogP contribution in [-0.4, -0.2) is 148 Å². The van der Waals surface area contributed by atoms with Crippen LogP contribution >= 0.6 is 0 Å². The molecule has 2 heterocycles. The summed E-state index contributed by atoms with van der Waals surface area (Å²) in [4.78, 5) is 99.7. The lowest BCUT2D eigenvalue weighted by molar-refractivity contribution is -0.361. The highest BCUT2D eigenvalue weighted by Gasteiger charge is 2.57. The van der Waals surface area contributed by atoms with Crippen molar-refractivity contribution >= 4 is 47.7 Å². The zero-order valence-corrected chi connectivity index (χ0v) is 45.6. The molecule has 2 rings (SSSR count). The maximum atomic E-state index is 12.9. The number of carbonyl (C=O) groups is 8. The largest absolute Gasteiger partial charge is 0.463 e. The molecule has 0 radical (unpaired) electrons. The van der Waals surface area contributed by atoms with E-state index >= 15 is 0 Å². The predicted molar refractivity (Wildman–Crippen MR) is 261 cm³/mol. The smallest absolute Gasteiger partial charge is 0.303 e. The van der Waals surface area contributed by atoms with Gasteiger partial charge in [0.2, 0.25) is 5.91 Å². The van der Waals surface area contributed by atoms with E-state index in [4.69, 9.17) is 56.8 Å². The molecule has 2 saturated heterocycles. The minimum Gasteiger partial charge on any atom is -0.463 e. The Morgan fingerprint density at radius 3 is 1.42 bits per heavy atom. The SMILES string of the molecule is CCCCC(OCC(CC)NC(=O)CCCCCCCCCOC1OC(COC(C)=O)C(OC2OC(COC(C)=O)C(OC(C)=O)C(OC(C)=O)C2OC(C)=O)C(OC(C)=O)C1OC(C)=O)C(C(C)C)C(C)C. The Morgan fingerprint density at radius 2 is 0.945 bits per heavy atom. The summed E-state index contributed by atoms with van der Waals surface area (Å²) in [5.41, 5.74) is 0. The fourth-order valence-electron chi connectivity index (χ4n) is 9.30. The number of rotatable bonds is 33. The average molecular weight is 1050 g/mol. The third kappa shape index (κ3) is 24.2. The molecule has 1 N–H and O–H groups in total. The van der Waals surface area contributed by atoms with Gasteiger partial charge in [-0.15, -0.1) is 0 Å². The lowest BCUT2D eigenvalue weighted by atomic mass is 9.79. The minimum absolute atomic E-state index is 0.0311. The standard InChI is InChI=1S/C52H87NO20/c1-14-16-24-40(44(30(3)4)31(5)6)65-27-39(15-2)53-43(61)25-22-20-18-17-19-21-23-26-62-51-49(69-37(12)59)48(68-36(11)58)46(42(71-51)29-64-33(8)55)73-52-50(70-38(13)60)47(67-35(10)57)45(66-34(9)56)41(72-52)28-63-32(7)54/h30-31,39-42,44-52H,14-29H2,1-13H3,(H,53,61). The molecule has 2 aliphatic rings. The molecule has 0 aromatic rings. The van der Waals surface area contributed by atoms with Gasteiger partial charge in [0.15, 0.2) is 43.1 Å². The fourth-order valence-corrected chi connectivity index (χ4v) is 9.30. The van der Waals surface area contributed by atoms with E-state index in [1.807, 2.05) is 0 Å². The summed E-state index contributed by atoms with van der Waals surface area (Å²) in [5.74, 6) is -4.29. The molecule has 21 nitrogen and oxygen atoms in total. The summed E-state index contributed by atoms with van der Waals surface area (Å²) in [6, 6.07) is -0.0386. The van der Waals surface area contributed by atoms with Gasteiger partial charge in [-0.25, -0.2) is 0 Å². The van der Waals surface area contributed by atoms with E-state index in [1.165, 1.54) is 0 Å². The van der Waals surface area contributed by atoms with Crippen LogP contribution in [0.1, 0.15) is 167 Å². The van der Waals surface area contributed by atoms with Crippen LogP contribution in [0.25, 0.3) is 0 Å². The molecule has 0 aromatic carbocycles. The van der Waals surface area contributed by atoms with E-state index in [2.05, 4.69) is 46.9 Å². The first-order chi connectivity index (χ1) is 34.5. The number of amides is 1. The molecule has 0 spiro atoms. The van der Waals surface area contributed by atoms with E-state index in [-0.39, 0.29) is 24.7 Å². The maximum absolute atomic E-state index is 12.9. The van der Waals surface area contributed by atoms with Crippen LogP contribution in [0.15, 0.2) is 0 Å². The Hall–Kier alpha value is -4.44. The quantitative estimate of drug-likeness (QED) is 0.0439. The summed E-state index contributed by atoms with van der Waals surface area (Å²) < 4.78 is 69.9. The molecular formula is C52H87NO20. The van der Waals surface area contributed by atoms with E-state index in [9.17, 15) is 38.4 Å². The van der Waals surface area contributed by atoms with Crippen LogP contribution in [0.2, 0.25) is 0 Å². The minimum atomic E-state index is -1.79. The monoisotopic (exact) mass is 1050 g/mol. The second-order valence-electron chi connectivity index (χ2n) is 19.5. The van der Waals surface area contributed by atoms with Crippen LogP contribution in [-0.2, 0) is 95.2 Å². The number of carbonyl (C=O) groups excluding carboxylic acids is 8. The van der Waals surface area contributed by atoms with Gasteiger partial charge in [0.1, 0.15) is 31.5 Å². The Balaban J connectivity index is 2.16. The molecule has 0 aliphatic carbocycles. The molecule has 21 heteroatoms. The first-order valence-electron chi connectivity index (χ1n) is 26.1. The zero-order chi connectivity index (χ0) is 54.8. The lowest BCUT2D eigenvalue weighted by Crippen LogP contribution is -2.67. The molecule has 12 unspecified atom stereocenters. The molecule has 0 bridgehead atoms. The average Bonchev–Trinajstić information content (AvgIpc) is 3.28. The molecule has 0 saturated carbocycles. The van der Waals surface area contributed by atoms with Crippen LogP contribution in [0.4, 0.5) is 0 Å². The normalized spacial score (nSPS) is 24.8. The number of hydrogen-bond acceptors (Lipinski definition) is 20. The van der Waals surface area contributed by atoms with Crippen molar-refractivity contribution in [2.75, 3.05) is 26.4 Å². The molecule has 73 heavy (non-hydrogen) atoms. The van der Waals surface area contributed by atoms with Crippen LogP contribution in [0.5, 0.6) is 0 Å². The summed E-state index contributed by atoms with van der Waals surface area (Å²) in [5, 5.41) is 3.19. The molecular weight excluding hydrogens is 959 g/mol. The van der Waals surface area contributed by atoms with Gasteiger partial charge in [-0.05, 0) is 43.4 Å². The van der Waals surface area contributed by atoms with Crippen LogP contribution in [0, 0.1) is 17.8 Å². The maximum Gasteiger partial charge on any atom is 0.303 e. The van der Waals surface area contributed by atoms with Gasteiger partial charge in [0.05, 0.1) is 18.8 Å². The van der Waals surface area contributed by atoms with Crippen molar-refractivity contribution in [3.8, 4) is 0 Å². The second-order valence-corrected chi connectivity index (χ2v) is 19.5. The molecule has 0 aromatic heterocycles. The van der Waals surface area contributed by atoms with E-state index in [0.29, 0.717) is 37.2 Å². The zero-order valence-electron chi connectivity index (χ0n) is 45.6. The molecule has 2 aliphatic heterocycles. The van der Waals surface area contributed by atoms with Gasteiger partial charge in [0, 0.05) is 61.5 Å². The highest BCUT2D eigenvalue weighted by atomic mass is 16.8. The third-order valence-corrected chi connectivity index (χ3v) is 12.4. The van der Waals surface area contributed by atoms with Gasteiger partial charge in [-0.1, -0.05) is 86.5 Å². The number of nitrogens with one attached hydrogen (secondary N) is 1. The third-order valence-electron chi connectivity index (χ3n) is 12.4. The van der Waals surface area contributed by atoms with E-state index < -0.39 is 116 Å². The number of hydrogen-bond donors (Lipinski definition) is 1. The van der Waals surface area contributed by atoms with Gasteiger partial charge in [0.25, 0.3) is 0 Å². The summed E-state index contributed by atoms with van der Waals surface area (Å²) in [6.45, 7) is 20.4. The van der Waals surface area contributed by atoms with Gasteiger partial charge >= 0.3 is 41.8 Å². The Labute approximate surface area is 432 Å². The highest BCUT2D eigenvalue weighted by Crippen LogP contribution is 2.36. The second kappa shape index (κ2) is 34.2.